The van der Waals surface area contributed by atoms with Crippen LogP contribution < -0.4 is 0 Å². The van der Waals surface area contributed by atoms with E-state index < -0.39 is 0 Å². The maximum absolute atomic E-state index is 11.8. The third-order valence-corrected chi connectivity index (χ3v) is 4.60. The molecule has 0 aromatic carbocycles. The van der Waals surface area contributed by atoms with Gasteiger partial charge in [-0.15, -0.1) is 0 Å². The van der Waals surface area contributed by atoms with Gasteiger partial charge < -0.3 is 4.74 Å². The van der Waals surface area contributed by atoms with Crippen molar-refractivity contribution >= 4 is 11.8 Å². The first-order valence-corrected chi connectivity index (χ1v) is 7.30. The first-order valence-electron chi connectivity index (χ1n) is 7.30. The number of carbonyl (C=O) groups is 2. The fourth-order valence-electron chi connectivity index (χ4n) is 3.53. The van der Waals surface area contributed by atoms with E-state index in [2.05, 4.69) is 19.7 Å². The van der Waals surface area contributed by atoms with Gasteiger partial charge in [-0.1, -0.05) is 39.2 Å². The fraction of sp³-hybridized carbons (Fsp3) is 0.529. The van der Waals surface area contributed by atoms with Crippen molar-refractivity contribution in [1.82, 2.24) is 0 Å². The summed E-state index contributed by atoms with van der Waals surface area (Å²) in [6, 6.07) is 0. The Hall–Kier alpha value is -1.64. The van der Waals surface area contributed by atoms with Crippen LogP contribution >= 0.6 is 0 Å². The van der Waals surface area contributed by atoms with E-state index in [0.717, 1.165) is 18.4 Å². The standard InChI is InChI=1S/C15H16O3.C2H6/c1-7-4-5-10-8(2)15(17)18-14(10)13-9(3)12(16)6-11(7)13;1-2/h10-11,13-14H,1-6H2;1-2H3/t10-,11-,13?,14-;/m0./s1. The van der Waals surface area contributed by atoms with E-state index in [1.807, 2.05) is 13.8 Å². The van der Waals surface area contributed by atoms with Crippen LogP contribution in [0.1, 0.15) is 33.1 Å². The first kappa shape index (κ1) is 14.8. The molecule has 3 fully saturated rings. The molecule has 2 aliphatic carbocycles. The maximum Gasteiger partial charge on any atom is 0.334 e. The predicted octanol–water partition coefficient (Wildman–Crippen LogP) is 3.22. The molecule has 0 aromatic rings. The third kappa shape index (κ3) is 2.05. The summed E-state index contributed by atoms with van der Waals surface area (Å²) in [5.74, 6) is -0.199. The smallest absolute Gasteiger partial charge is 0.334 e. The van der Waals surface area contributed by atoms with Crippen molar-refractivity contribution in [1.29, 1.82) is 0 Å². The second-order valence-corrected chi connectivity index (χ2v) is 5.48. The second kappa shape index (κ2) is 5.39. The highest BCUT2D eigenvalue weighted by atomic mass is 16.6. The molecule has 3 nitrogen and oxygen atoms in total. The second-order valence-electron chi connectivity index (χ2n) is 5.48. The molecule has 108 valence electrons. The van der Waals surface area contributed by atoms with Gasteiger partial charge in [0.2, 0.25) is 0 Å². The van der Waals surface area contributed by atoms with Crippen molar-refractivity contribution in [2.45, 2.75) is 39.2 Å². The van der Waals surface area contributed by atoms with Gasteiger partial charge in [-0.2, -0.15) is 0 Å². The van der Waals surface area contributed by atoms with E-state index in [4.69, 9.17) is 4.74 Å². The van der Waals surface area contributed by atoms with E-state index in [0.29, 0.717) is 17.6 Å². The van der Waals surface area contributed by atoms with E-state index in [9.17, 15) is 9.59 Å². The van der Waals surface area contributed by atoms with E-state index in [1.165, 1.54) is 0 Å². The Kier molecular flexibility index (Phi) is 3.98. The SMILES string of the molecule is C=C1C(=O)C[C@H]2C(=C)CC[C@H]3C(=C)C(=O)O[C@@H]3C12.CC. The largest absolute Gasteiger partial charge is 0.458 e. The Morgan fingerprint density at radius 3 is 2.35 bits per heavy atom. The summed E-state index contributed by atoms with van der Waals surface area (Å²) in [6.45, 7) is 15.8. The lowest BCUT2D eigenvalue weighted by molar-refractivity contribution is -0.141. The highest BCUT2D eigenvalue weighted by Crippen LogP contribution is 2.50. The highest BCUT2D eigenvalue weighted by molar-refractivity contribution is 5.99. The quantitative estimate of drug-likeness (QED) is 0.387. The molecule has 3 heteroatoms. The van der Waals surface area contributed by atoms with Crippen LogP contribution in [0, 0.1) is 17.8 Å². The van der Waals surface area contributed by atoms with Gasteiger partial charge in [0, 0.05) is 23.8 Å². The van der Waals surface area contributed by atoms with Crippen LogP contribution in [-0.2, 0) is 14.3 Å². The van der Waals surface area contributed by atoms with Crippen LogP contribution in [0.3, 0.4) is 0 Å². The molecule has 3 rings (SSSR count). The zero-order valence-corrected chi connectivity index (χ0v) is 12.3. The lowest BCUT2D eigenvalue weighted by Gasteiger charge is -2.25. The van der Waals surface area contributed by atoms with Crippen molar-refractivity contribution in [3.63, 3.8) is 0 Å². The van der Waals surface area contributed by atoms with E-state index >= 15 is 0 Å². The Morgan fingerprint density at radius 1 is 1.05 bits per heavy atom. The van der Waals surface area contributed by atoms with Gasteiger partial charge in [0.15, 0.2) is 5.78 Å². The summed E-state index contributed by atoms with van der Waals surface area (Å²) >= 11 is 0. The molecule has 0 bridgehead atoms. The Morgan fingerprint density at radius 2 is 1.70 bits per heavy atom. The highest BCUT2D eigenvalue weighted by Gasteiger charge is 2.52. The molecule has 1 unspecified atom stereocenters. The Labute approximate surface area is 120 Å². The fourth-order valence-corrected chi connectivity index (χ4v) is 3.53. The molecule has 1 aliphatic heterocycles. The maximum atomic E-state index is 11.8. The average Bonchev–Trinajstić information content (AvgIpc) is 2.84. The molecule has 1 heterocycles. The number of allylic oxidation sites excluding steroid dienone is 1. The van der Waals surface area contributed by atoms with Crippen LogP contribution in [-0.4, -0.2) is 17.9 Å². The first-order chi connectivity index (χ1) is 9.50. The van der Waals surface area contributed by atoms with Crippen LogP contribution in [0.2, 0.25) is 0 Å². The average molecular weight is 274 g/mol. The van der Waals surface area contributed by atoms with Crippen LogP contribution in [0.4, 0.5) is 0 Å². The van der Waals surface area contributed by atoms with Crippen LogP contribution in [0.25, 0.3) is 0 Å². The molecule has 0 spiro atoms. The molecule has 0 N–H and O–H groups in total. The van der Waals surface area contributed by atoms with Crippen molar-refractivity contribution in [3.8, 4) is 0 Å². The van der Waals surface area contributed by atoms with Gasteiger partial charge in [0.05, 0.1) is 0 Å². The predicted molar refractivity (Wildman–Crippen MR) is 78.0 cm³/mol. The summed E-state index contributed by atoms with van der Waals surface area (Å²) in [4.78, 5) is 23.5. The number of carbonyl (C=O) groups excluding carboxylic acids is 2. The van der Waals surface area contributed by atoms with Gasteiger partial charge in [0.1, 0.15) is 6.10 Å². The number of ketones is 1. The molecule has 0 amide bonds. The molecular formula is C17H22O3. The zero-order valence-electron chi connectivity index (χ0n) is 12.3. The molecule has 0 radical (unpaired) electrons. The molecule has 1 saturated heterocycles. The number of rotatable bonds is 0. The van der Waals surface area contributed by atoms with Gasteiger partial charge in [0.25, 0.3) is 0 Å². The number of hydrogen-bond acceptors (Lipinski definition) is 3. The minimum absolute atomic E-state index is 0.0203. The molecular weight excluding hydrogens is 252 g/mol. The molecule has 4 atom stereocenters. The van der Waals surface area contributed by atoms with Crippen molar-refractivity contribution in [2.24, 2.45) is 17.8 Å². The summed E-state index contributed by atoms with van der Waals surface area (Å²) in [5.41, 5.74) is 2.23. The van der Waals surface area contributed by atoms with Gasteiger partial charge in [-0.05, 0) is 24.3 Å². The zero-order chi connectivity index (χ0) is 15.0. The molecule has 2 saturated carbocycles. The number of hydrogen-bond donors (Lipinski definition) is 0. The summed E-state index contributed by atoms with van der Waals surface area (Å²) in [6.07, 6.45) is 1.88. The topological polar surface area (TPSA) is 43.4 Å². The van der Waals surface area contributed by atoms with E-state index in [1.54, 1.807) is 0 Å². The third-order valence-electron chi connectivity index (χ3n) is 4.60. The Balaban J connectivity index is 0.000000704. The van der Waals surface area contributed by atoms with Crippen molar-refractivity contribution < 1.29 is 14.3 Å². The normalized spacial score (nSPS) is 35.8. The Bertz CT molecular complexity index is 500. The van der Waals surface area contributed by atoms with Crippen molar-refractivity contribution in [2.75, 3.05) is 0 Å². The minimum atomic E-state index is -0.316. The van der Waals surface area contributed by atoms with Crippen molar-refractivity contribution in [3.05, 3.63) is 36.5 Å². The number of esters is 1. The lowest BCUT2D eigenvalue weighted by Crippen LogP contribution is -2.28. The number of fused-ring (bicyclic) bond motifs is 3. The van der Waals surface area contributed by atoms with Gasteiger partial charge >= 0.3 is 5.97 Å². The summed E-state index contributed by atoms with van der Waals surface area (Å²) in [7, 11) is 0. The minimum Gasteiger partial charge on any atom is -0.458 e. The number of Topliss-reactive ketones (excluding diaryl/α,β-unsaturated/α-hetero) is 1. The van der Waals surface area contributed by atoms with Crippen LogP contribution in [0.15, 0.2) is 36.5 Å². The monoisotopic (exact) mass is 274 g/mol. The van der Waals surface area contributed by atoms with Gasteiger partial charge in [-0.3, -0.25) is 4.79 Å². The lowest BCUT2D eigenvalue weighted by atomic mass is 9.82. The molecule has 20 heavy (non-hydrogen) atoms. The summed E-state index contributed by atoms with van der Waals surface area (Å²) in [5, 5.41) is 0. The van der Waals surface area contributed by atoms with E-state index in [-0.39, 0.29) is 35.6 Å². The van der Waals surface area contributed by atoms with Gasteiger partial charge in [-0.25, -0.2) is 4.79 Å². The summed E-state index contributed by atoms with van der Waals surface area (Å²) < 4.78 is 5.45. The molecule has 3 aliphatic rings. The number of ether oxygens (including phenoxy) is 1. The van der Waals surface area contributed by atoms with Crippen LogP contribution in [0.5, 0.6) is 0 Å². The molecule has 0 aromatic heterocycles.